The molecule has 0 bridgehead atoms. The van der Waals surface area contributed by atoms with Crippen molar-refractivity contribution in [3.8, 4) is 0 Å². The largest absolute Gasteiger partial charge is 0.396 e. The van der Waals surface area contributed by atoms with E-state index in [1.807, 2.05) is 6.92 Å². The van der Waals surface area contributed by atoms with Crippen LogP contribution in [0.3, 0.4) is 0 Å². The van der Waals surface area contributed by atoms with Gasteiger partial charge in [0.25, 0.3) is 0 Å². The van der Waals surface area contributed by atoms with E-state index in [2.05, 4.69) is 10.3 Å². The van der Waals surface area contributed by atoms with Crippen molar-refractivity contribution in [3.05, 3.63) is 17.3 Å². The molecule has 0 saturated carbocycles. The average Bonchev–Trinajstić information content (AvgIpc) is 2.16. The van der Waals surface area contributed by atoms with E-state index in [9.17, 15) is 5.11 Å². The van der Waals surface area contributed by atoms with Crippen LogP contribution >= 0.6 is 11.6 Å². The molecule has 1 rings (SSSR count). The maximum atomic E-state index is 9.31. The highest BCUT2D eigenvalue weighted by atomic mass is 35.5. The van der Waals surface area contributed by atoms with Crippen LogP contribution in [0.1, 0.15) is 13.3 Å². The fraction of sp³-hybridized carbons (Fsp3) is 0.444. The van der Waals surface area contributed by atoms with E-state index in [-0.39, 0.29) is 6.10 Å². The number of halogens is 1. The third kappa shape index (κ3) is 3.05. The molecule has 0 aliphatic heterocycles. The van der Waals surface area contributed by atoms with Crippen molar-refractivity contribution < 1.29 is 5.11 Å². The second kappa shape index (κ2) is 5.02. The summed E-state index contributed by atoms with van der Waals surface area (Å²) in [5, 5.41) is 12.8. The molecule has 1 heterocycles. The fourth-order valence-corrected chi connectivity index (χ4v) is 1.13. The molecule has 1 aromatic heterocycles. The van der Waals surface area contributed by atoms with Crippen LogP contribution in [0, 0.1) is 0 Å². The molecule has 0 saturated heterocycles. The Hall–Kier alpha value is -1.00. The molecule has 0 fully saturated rings. The molecular formula is C9H14ClN3O. The first-order valence-corrected chi connectivity index (χ1v) is 4.84. The number of anilines is 2. The van der Waals surface area contributed by atoms with Crippen molar-refractivity contribution >= 4 is 23.1 Å². The number of pyridine rings is 1. The summed E-state index contributed by atoms with van der Waals surface area (Å²) in [6, 6.07) is 1.62. The number of hydrogen-bond donors (Lipinski definition) is 3. The van der Waals surface area contributed by atoms with Gasteiger partial charge in [-0.25, -0.2) is 4.98 Å². The van der Waals surface area contributed by atoms with Crippen LogP contribution < -0.4 is 11.1 Å². The molecule has 0 aliphatic carbocycles. The summed E-state index contributed by atoms with van der Waals surface area (Å²) in [6.45, 7) is 2.35. The van der Waals surface area contributed by atoms with Gasteiger partial charge in [0.1, 0.15) is 5.82 Å². The quantitative estimate of drug-likeness (QED) is 0.712. The highest BCUT2D eigenvalue weighted by Gasteiger charge is 2.04. The predicted molar refractivity (Wildman–Crippen MR) is 58.4 cm³/mol. The van der Waals surface area contributed by atoms with E-state index >= 15 is 0 Å². The first kappa shape index (κ1) is 11.1. The molecule has 0 aliphatic rings. The Bertz CT molecular complexity index is 306. The third-order valence-electron chi connectivity index (χ3n) is 1.86. The van der Waals surface area contributed by atoms with Gasteiger partial charge in [-0.15, -0.1) is 0 Å². The molecule has 0 radical (unpaired) electrons. The Morgan fingerprint density at radius 1 is 1.71 bits per heavy atom. The van der Waals surface area contributed by atoms with Gasteiger partial charge in [0.05, 0.1) is 16.8 Å². The molecule has 1 unspecified atom stereocenters. The summed E-state index contributed by atoms with van der Waals surface area (Å²) in [5.41, 5.74) is 6.14. The van der Waals surface area contributed by atoms with Gasteiger partial charge >= 0.3 is 0 Å². The minimum atomic E-state index is -0.383. The first-order valence-electron chi connectivity index (χ1n) is 4.46. The summed E-state index contributed by atoms with van der Waals surface area (Å²) >= 11 is 5.69. The Labute approximate surface area is 88.1 Å². The SMILES string of the molecule is CCC(O)CNc1ncc(Cl)cc1N. The number of aliphatic hydroxyl groups is 1. The van der Waals surface area contributed by atoms with Crippen molar-refractivity contribution in [1.29, 1.82) is 0 Å². The van der Waals surface area contributed by atoms with E-state index in [4.69, 9.17) is 17.3 Å². The second-order valence-electron chi connectivity index (χ2n) is 3.03. The maximum Gasteiger partial charge on any atom is 0.149 e. The standard InChI is InChI=1S/C9H14ClN3O/c1-2-7(14)5-13-9-8(11)3-6(10)4-12-9/h3-4,7,14H,2,5,11H2,1H3,(H,12,13). The zero-order valence-corrected chi connectivity index (χ0v) is 8.75. The van der Waals surface area contributed by atoms with Crippen LogP contribution in [0.5, 0.6) is 0 Å². The molecule has 5 heteroatoms. The van der Waals surface area contributed by atoms with Gasteiger partial charge in [0, 0.05) is 12.7 Å². The molecule has 1 atom stereocenters. The molecule has 0 spiro atoms. The minimum Gasteiger partial charge on any atom is -0.396 e. The third-order valence-corrected chi connectivity index (χ3v) is 2.07. The zero-order valence-electron chi connectivity index (χ0n) is 8.00. The monoisotopic (exact) mass is 215 g/mol. The van der Waals surface area contributed by atoms with E-state index in [0.717, 1.165) is 0 Å². The van der Waals surface area contributed by atoms with Crippen LogP contribution in [0.15, 0.2) is 12.3 Å². The summed E-state index contributed by atoms with van der Waals surface area (Å²) < 4.78 is 0. The topological polar surface area (TPSA) is 71.2 Å². The summed E-state index contributed by atoms with van der Waals surface area (Å²) in [5.74, 6) is 0.557. The summed E-state index contributed by atoms with van der Waals surface area (Å²) in [6.07, 6.45) is 1.82. The smallest absolute Gasteiger partial charge is 0.149 e. The number of hydrogen-bond acceptors (Lipinski definition) is 4. The Morgan fingerprint density at radius 2 is 2.43 bits per heavy atom. The zero-order chi connectivity index (χ0) is 10.6. The number of aliphatic hydroxyl groups excluding tert-OH is 1. The number of nitrogen functional groups attached to an aromatic ring is 1. The van der Waals surface area contributed by atoms with Crippen LogP contribution in [-0.4, -0.2) is 22.7 Å². The molecule has 0 aromatic carbocycles. The number of nitrogens with one attached hydrogen (secondary N) is 1. The van der Waals surface area contributed by atoms with Gasteiger partial charge in [0.15, 0.2) is 0 Å². The Balaban J connectivity index is 2.59. The van der Waals surface area contributed by atoms with Crippen molar-refractivity contribution in [2.45, 2.75) is 19.4 Å². The van der Waals surface area contributed by atoms with E-state index in [0.29, 0.717) is 29.5 Å². The number of aromatic nitrogens is 1. The van der Waals surface area contributed by atoms with Crippen LogP contribution in [0.25, 0.3) is 0 Å². The molecule has 14 heavy (non-hydrogen) atoms. The minimum absolute atomic E-state index is 0.383. The average molecular weight is 216 g/mol. The molecule has 4 N–H and O–H groups in total. The van der Waals surface area contributed by atoms with Gasteiger partial charge in [0.2, 0.25) is 0 Å². The number of nitrogens with two attached hydrogens (primary N) is 1. The molecule has 1 aromatic rings. The molecular weight excluding hydrogens is 202 g/mol. The van der Waals surface area contributed by atoms with E-state index in [1.54, 1.807) is 6.07 Å². The van der Waals surface area contributed by atoms with Crippen LogP contribution in [0.4, 0.5) is 11.5 Å². The van der Waals surface area contributed by atoms with Crippen molar-refractivity contribution in [3.63, 3.8) is 0 Å². The second-order valence-corrected chi connectivity index (χ2v) is 3.47. The van der Waals surface area contributed by atoms with Gasteiger partial charge in [-0.3, -0.25) is 0 Å². The maximum absolute atomic E-state index is 9.31. The lowest BCUT2D eigenvalue weighted by Crippen LogP contribution is -2.19. The van der Waals surface area contributed by atoms with Crippen molar-refractivity contribution in [2.24, 2.45) is 0 Å². The van der Waals surface area contributed by atoms with Gasteiger partial charge in [-0.2, -0.15) is 0 Å². The lowest BCUT2D eigenvalue weighted by Gasteiger charge is -2.11. The van der Waals surface area contributed by atoms with Crippen LogP contribution in [-0.2, 0) is 0 Å². The number of rotatable bonds is 4. The molecule has 0 amide bonds. The van der Waals surface area contributed by atoms with Gasteiger partial charge in [-0.05, 0) is 12.5 Å². The molecule has 4 nitrogen and oxygen atoms in total. The summed E-state index contributed by atoms with van der Waals surface area (Å²) in [4.78, 5) is 4.00. The van der Waals surface area contributed by atoms with E-state index in [1.165, 1.54) is 6.20 Å². The van der Waals surface area contributed by atoms with Crippen LogP contribution in [0.2, 0.25) is 5.02 Å². The van der Waals surface area contributed by atoms with Gasteiger partial charge in [-0.1, -0.05) is 18.5 Å². The number of nitrogens with zero attached hydrogens (tertiary/aromatic N) is 1. The Kier molecular flexibility index (Phi) is 3.98. The lowest BCUT2D eigenvalue weighted by molar-refractivity contribution is 0.183. The highest BCUT2D eigenvalue weighted by molar-refractivity contribution is 6.30. The lowest BCUT2D eigenvalue weighted by atomic mass is 10.3. The highest BCUT2D eigenvalue weighted by Crippen LogP contribution is 2.19. The first-order chi connectivity index (χ1) is 6.63. The normalized spacial score (nSPS) is 12.5. The van der Waals surface area contributed by atoms with Crippen molar-refractivity contribution in [1.82, 2.24) is 4.98 Å². The summed E-state index contributed by atoms with van der Waals surface area (Å²) in [7, 11) is 0. The predicted octanol–water partition coefficient (Wildman–Crippen LogP) is 1.50. The molecule has 78 valence electrons. The van der Waals surface area contributed by atoms with E-state index < -0.39 is 0 Å². The fourth-order valence-electron chi connectivity index (χ4n) is 0.961. The van der Waals surface area contributed by atoms with Crippen molar-refractivity contribution in [2.75, 3.05) is 17.6 Å². The van der Waals surface area contributed by atoms with Gasteiger partial charge < -0.3 is 16.2 Å². The Morgan fingerprint density at radius 3 is 3.00 bits per heavy atom.